The first-order valence-electron chi connectivity index (χ1n) is 4.07. The lowest BCUT2D eigenvalue weighted by Gasteiger charge is -2.01. The lowest BCUT2D eigenvalue weighted by atomic mass is 10.2. The summed E-state index contributed by atoms with van der Waals surface area (Å²) in [6, 6.07) is 6.11. The number of benzene rings is 1. The number of rotatable bonds is 0. The third kappa shape index (κ3) is 1.65. The molecule has 0 saturated carbocycles. The van der Waals surface area contributed by atoms with Crippen molar-refractivity contribution in [1.82, 2.24) is 9.97 Å². The summed E-state index contributed by atoms with van der Waals surface area (Å²) in [5.74, 6) is 0. The van der Waals surface area contributed by atoms with Crippen molar-refractivity contribution in [2.45, 2.75) is 13.8 Å². The summed E-state index contributed by atoms with van der Waals surface area (Å²) in [7, 11) is 0. The van der Waals surface area contributed by atoms with Gasteiger partial charge in [0, 0.05) is 3.57 Å². The maximum Gasteiger partial charge on any atom is 0.0900 e. The van der Waals surface area contributed by atoms with Crippen molar-refractivity contribution < 1.29 is 0 Å². The van der Waals surface area contributed by atoms with Crippen LogP contribution in [0.3, 0.4) is 0 Å². The van der Waals surface area contributed by atoms with Crippen molar-refractivity contribution in [3.05, 3.63) is 33.2 Å². The van der Waals surface area contributed by atoms with Gasteiger partial charge in [0.2, 0.25) is 0 Å². The van der Waals surface area contributed by atoms with Gasteiger partial charge in [-0.3, -0.25) is 0 Å². The molecule has 0 spiro atoms. The summed E-state index contributed by atoms with van der Waals surface area (Å²) in [5, 5.41) is 0. The molecule has 2 rings (SSSR count). The van der Waals surface area contributed by atoms with Crippen molar-refractivity contribution in [1.29, 1.82) is 0 Å². The molecule has 0 aliphatic rings. The molecule has 0 saturated heterocycles. The molecule has 0 N–H and O–H groups in total. The Morgan fingerprint density at radius 2 is 1.62 bits per heavy atom. The van der Waals surface area contributed by atoms with Crippen molar-refractivity contribution in [2.24, 2.45) is 0 Å². The Bertz CT molecular complexity index is 466. The van der Waals surface area contributed by atoms with E-state index in [1.54, 1.807) is 0 Å². The summed E-state index contributed by atoms with van der Waals surface area (Å²) in [6.45, 7) is 3.97. The summed E-state index contributed by atoms with van der Waals surface area (Å²) >= 11 is 2.28. The third-order valence-electron chi connectivity index (χ3n) is 2.04. The fourth-order valence-corrected chi connectivity index (χ4v) is 1.68. The van der Waals surface area contributed by atoms with E-state index in [-0.39, 0.29) is 0 Å². The normalized spacial score (nSPS) is 10.7. The van der Waals surface area contributed by atoms with Crippen LogP contribution >= 0.6 is 22.6 Å². The van der Waals surface area contributed by atoms with Gasteiger partial charge in [-0.05, 0) is 54.6 Å². The molecule has 1 aromatic heterocycles. The molecule has 0 unspecified atom stereocenters. The van der Waals surface area contributed by atoms with E-state index in [4.69, 9.17) is 0 Å². The number of hydrogen-bond donors (Lipinski definition) is 0. The molecule has 1 aromatic carbocycles. The maximum absolute atomic E-state index is 4.47. The van der Waals surface area contributed by atoms with Crippen LogP contribution in [0.2, 0.25) is 0 Å². The van der Waals surface area contributed by atoms with Gasteiger partial charge in [0.25, 0.3) is 0 Å². The molecule has 66 valence electrons. The van der Waals surface area contributed by atoms with E-state index < -0.39 is 0 Å². The van der Waals surface area contributed by atoms with Crippen LogP contribution < -0.4 is 0 Å². The monoisotopic (exact) mass is 284 g/mol. The fraction of sp³-hybridized carbons (Fsp3) is 0.200. The van der Waals surface area contributed by atoms with Gasteiger partial charge in [0.05, 0.1) is 22.4 Å². The second kappa shape index (κ2) is 3.21. The minimum absolute atomic E-state index is 0.975. The molecule has 1 heterocycles. The molecule has 0 bridgehead atoms. The second-order valence-corrected chi connectivity index (χ2v) is 4.27. The largest absolute Gasteiger partial charge is 0.250 e. The lowest BCUT2D eigenvalue weighted by Crippen LogP contribution is -1.93. The Morgan fingerprint density at radius 1 is 1.00 bits per heavy atom. The molecule has 13 heavy (non-hydrogen) atoms. The van der Waals surface area contributed by atoms with Gasteiger partial charge in [-0.25, -0.2) is 9.97 Å². The van der Waals surface area contributed by atoms with Crippen molar-refractivity contribution in [3.8, 4) is 0 Å². The van der Waals surface area contributed by atoms with E-state index in [0.29, 0.717) is 0 Å². The van der Waals surface area contributed by atoms with E-state index in [1.807, 2.05) is 26.0 Å². The highest BCUT2D eigenvalue weighted by atomic mass is 127. The number of aryl methyl sites for hydroxylation is 2. The van der Waals surface area contributed by atoms with Crippen LogP contribution in [0.1, 0.15) is 11.4 Å². The van der Waals surface area contributed by atoms with Gasteiger partial charge in [-0.2, -0.15) is 0 Å². The number of hydrogen-bond acceptors (Lipinski definition) is 2. The lowest BCUT2D eigenvalue weighted by molar-refractivity contribution is 1.10. The van der Waals surface area contributed by atoms with E-state index >= 15 is 0 Å². The predicted octanol–water partition coefficient (Wildman–Crippen LogP) is 2.85. The van der Waals surface area contributed by atoms with Gasteiger partial charge in [-0.15, -0.1) is 0 Å². The molecule has 0 amide bonds. The van der Waals surface area contributed by atoms with Crippen LogP contribution in [0.15, 0.2) is 18.2 Å². The fourth-order valence-electron chi connectivity index (χ4n) is 1.20. The molecule has 2 aromatic rings. The number of fused-ring (bicyclic) bond motifs is 1. The van der Waals surface area contributed by atoms with Crippen LogP contribution in [0.5, 0.6) is 0 Å². The first kappa shape index (κ1) is 8.87. The van der Waals surface area contributed by atoms with Crippen LogP contribution in [0.25, 0.3) is 11.0 Å². The molecule has 0 radical (unpaired) electrons. The molecule has 0 fully saturated rings. The van der Waals surface area contributed by atoms with Crippen LogP contribution in [0, 0.1) is 17.4 Å². The Morgan fingerprint density at radius 3 is 2.31 bits per heavy atom. The maximum atomic E-state index is 4.47. The average molecular weight is 284 g/mol. The zero-order chi connectivity index (χ0) is 9.42. The third-order valence-corrected chi connectivity index (χ3v) is 2.71. The summed E-state index contributed by atoms with van der Waals surface area (Å²) in [4.78, 5) is 8.92. The molecular weight excluding hydrogens is 275 g/mol. The zero-order valence-corrected chi connectivity index (χ0v) is 9.66. The molecular formula is C10H9IN2. The van der Waals surface area contributed by atoms with Crippen LogP contribution in [-0.2, 0) is 0 Å². The van der Waals surface area contributed by atoms with Gasteiger partial charge < -0.3 is 0 Å². The SMILES string of the molecule is Cc1nc2ccc(I)cc2nc1C. The Kier molecular flexibility index (Phi) is 2.19. The van der Waals surface area contributed by atoms with Gasteiger partial charge in [-0.1, -0.05) is 0 Å². The highest BCUT2D eigenvalue weighted by Gasteiger charge is 2.00. The Balaban J connectivity index is 2.81. The smallest absolute Gasteiger partial charge is 0.0900 e. The molecule has 0 atom stereocenters. The van der Waals surface area contributed by atoms with E-state index in [1.165, 1.54) is 3.57 Å². The molecule has 0 aliphatic heterocycles. The van der Waals surface area contributed by atoms with Gasteiger partial charge in [0.15, 0.2) is 0 Å². The zero-order valence-electron chi connectivity index (χ0n) is 7.50. The second-order valence-electron chi connectivity index (χ2n) is 3.03. The first-order chi connectivity index (χ1) is 6.16. The average Bonchev–Trinajstić information content (AvgIpc) is 2.08. The standard InChI is InChI=1S/C10H9IN2/c1-6-7(2)13-10-5-8(11)3-4-9(10)12-6/h3-5H,1-2H3. The Hall–Kier alpha value is -0.710. The first-order valence-corrected chi connectivity index (χ1v) is 5.15. The molecule has 2 nitrogen and oxygen atoms in total. The van der Waals surface area contributed by atoms with Crippen molar-refractivity contribution >= 4 is 33.6 Å². The minimum atomic E-state index is 0.975. The topological polar surface area (TPSA) is 25.8 Å². The van der Waals surface area contributed by atoms with Crippen molar-refractivity contribution in [3.63, 3.8) is 0 Å². The molecule has 0 aliphatic carbocycles. The summed E-state index contributed by atoms with van der Waals surface area (Å²) in [6.07, 6.45) is 0. The van der Waals surface area contributed by atoms with E-state index in [0.717, 1.165) is 22.4 Å². The summed E-state index contributed by atoms with van der Waals surface area (Å²) in [5.41, 5.74) is 3.97. The Labute approximate surface area is 90.5 Å². The number of aromatic nitrogens is 2. The quantitative estimate of drug-likeness (QED) is 0.695. The summed E-state index contributed by atoms with van der Waals surface area (Å²) < 4.78 is 1.20. The van der Waals surface area contributed by atoms with Crippen LogP contribution in [-0.4, -0.2) is 9.97 Å². The van der Waals surface area contributed by atoms with Crippen LogP contribution in [0.4, 0.5) is 0 Å². The van der Waals surface area contributed by atoms with Gasteiger partial charge >= 0.3 is 0 Å². The number of nitrogens with zero attached hydrogens (tertiary/aromatic N) is 2. The minimum Gasteiger partial charge on any atom is -0.250 e. The predicted molar refractivity (Wildman–Crippen MR) is 61.7 cm³/mol. The molecule has 3 heteroatoms. The number of halogens is 1. The van der Waals surface area contributed by atoms with Crippen molar-refractivity contribution in [2.75, 3.05) is 0 Å². The van der Waals surface area contributed by atoms with E-state index in [2.05, 4.69) is 38.6 Å². The van der Waals surface area contributed by atoms with E-state index in [9.17, 15) is 0 Å². The highest BCUT2D eigenvalue weighted by Crippen LogP contribution is 2.15. The van der Waals surface area contributed by atoms with Gasteiger partial charge in [0.1, 0.15) is 0 Å². The highest BCUT2D eigenvalue weighted by molar-refractivity contribution is 14.1.